The van der Waals surface area contributed by atoms with E-state index in [4.69, 9.17) is 5.73 Å². The summed E-state index contributed by atoms with van der Waals surface area (Å²) in [5.41, 5.74) is 5.72. The summed E-state index contributed by atoms with van der Waals surface area (Å²) in [6.07, 6.45) is 1.77. The number of amides is 1. The van der Waals surface area contributed by atoms with Gasteiger partial charge < -0.3 is 11.1 Å². The van der Waals surface area contributed by atoms with E-state index in [0.29, 0.717) is 11.8 Å². The minimum Gasteiger partial charge on any atom is -0.355 e. The summed E-state index contributed by atoms with van der Waals surface area (Å²) in [5.74, 6) is 1.08. The molecule has 3 nitrogen and oxygen atoms in total. The molecule has 0 aliphatic heterocycles. The Morgan fingerprint density at radius 3 is 2.13 bits per heavy atom. The van der Waals surface area contributed by atoms with E-state index < -0.39 is 0 Å². The van der Waals surface area contributed by atoms with Gasteiger partial charge in [0.05, 0.1) is 6.04 Å². The van der Waals surface area contributed by atoms with Gasteiger partial charge in [-0.3, -0.25) is 4.79 Å². The van der Waals surface area contributed by atoms with E-state index in [1.54, 1.807) is 0 Å². The maximum Gasteiger partial charge on any atom is 0.236 e. The van der Waals surface area contributed by atoms with E-state index >= 15 is 0 Å². The minimum absolute atomic E-state index is 0. The number of hydrogen-bond donors (Lipinski definition) is 2. The molecule has 0 saturated heterocycles. The Balaban J connectivity index is 0. The zero-order valence-electron chi connectivity index (χ0n) is 10.2. The first-order chi connectivity index (χ1) is 6.43. The van der Waals surface area contributed by atoms with E-state index in [-0.39, 0.29) is 28.9 Å². The molecule has 0 rings (SSSR count). The van der Waals surface area contributed by atoms with Crippen LogP contribution in [0.5, 0.6) is 0 Å². The van der Waals surface area contributed by atoms with Crippen molar-refractivity contribution >= 4 is 22.9 Å². The van der Waals surface area contributed by atoms with Crippen LogP contribution < -0.4 is 11.1 Å². The average Bonchev–Trinajstić information content (AvgIpc) is 2.01. The molecule has 3 N–H and O–H groups in total. The van der Waals surface area contributed by atoms with E-state index in [1.165, 1.54) is 0 Å². The van der Waals surface area contributed by atoms with Crippen molar-refractivity contribution in [2.75, 3.05) is 6.54 Å². The number of nitrogens with two attached hydrogens (primary N) is 1. The lowest BCUT2D eigenvalue weighted by Crippen LogP contribution is -2.41. The van der Waals surface area contributed by atoms with Crippen LogP contribution in [0.2, 0.25) is 0 Å². The van der Waals surface area contributed by atoms with Crippen LogP contribution in [-0.4, -0.2) is 18.5 Å². The summed E-state index contributed by atoms with van der Waals surface area (Å²) in [5, 5.41) is 2.86. The van der Waals surface area contributed by atoms with Crippen molar-refractivity contribution in [1.29, 1.82) is 0 Å². The molecule has 0 aliphatic carbocycles. The van der Waals surface area contributed by atoms with E-state index in [0.717, 1.165) is 19.4 Å². The fourth-order valence-corrected chi connectivity index (χ4v) is 1.23. The Bertz CT molecular complexity index is 172. The molecule has 4 heteroatoms. The Morgan fingerprint density at radius 1 is 1.20 bits per heavy atom. The highest BCUT2D eigenvalue weighted by Crippen LogP contribution is 2.02. The van der Waals surface area contributed by atoms with E-state index in [2.05, 4.69) is 33.0 Å². The molecule has 0 heterocycles. The molecule has 0 radical (unpaired) electrons. The van der Waals surface area contributed by atoms with Crippen LogP contribution >= 0.6 is 17.0 Å². The lowest BCUT2D eigenvalue weighted by Gasteiger charge is -2.14. The Labute approximate surface area is 104 Å². The van der Waals surface area contributed by atoms with Crippen molar-refractivity contribution in [2.24, 2.45) is 17.6 Å². The number of hydrogen-bond acceptors (Lipinski definition) is 2. The summed E-state index contributed by atoms with van der Waals surface area (Å²) in [4.78, 5) is 11.4. The molecule has 0 fully saturated rings. The van der Waals surface area contributed by atoms with Crippen molar-refractivity contribution in [3.05, 3.63) is 0 Å². The Morgan fingerprint density at radius 2 is 1.73 bits per heavy atom. The lowest BCUT2D eigenvalue weighted by atomic mass is 10.0. The average molecular weight is 281 g/mol. The lowest BCUT2D eigenvalue weighted by molar-refractivity contribution is -0.122. The predicted octanol–water partition coefficient (Wildman–Crippen LogP) is 2.10. The molecule has 92 valence electrons. The molecule has 1 atom stereocenters. The Hall–Kier alpha value is -0.0900. The van der Waals surface area contributed by atoms with Gasteiger partial charge in [0.1, 0.15) is 0 Å². The summed E-state index contributed by atoms with van der Waals surface area (Å²) in [6, 6.07) is -0.345. The summed E-state index contributed by atoms with van der Waals surface area (Å²) < 4.78 is 0. The number of carbonyl (C=O) groups excluding carboxylic acids is 1. The van der Waals surface area contributed by atoms with Crippen LogP contribution in [0.1, 0.15) is 40.5 Å². The molecule has 0 spiro atoms. The molecule has 0 unspecified atom stereocenters. The topological polar surface area (TPSA) is 55.1 Å². The predicted molar refractivity (Wildman–Crippen MR) is 70.2 cm³/mol. The fourth-order valence-electron chi connectivity index (χ4n) is 1.23. The van der Waals surface area contributed by atoms with Gasteiger partial charge in [0, 0.05) is 6.54 Å². The maximum atomic E-state index is 11.4. The molecule has 1 amide bonds. The first kappa shape index (κ1) is 17.3. The number of nitrogens with one attached hydrogen (secondary N) is 1. The first-order valence-electron chi connectivity index (χ1n) is 5.46. The van der Waals surface area contributed by atoms with E-state index in [9.17, 15) is 4.79 Å². The van der Waals surface area contributed by atoms with Gasteiger partial charge in [0.25, 0.3) is 0 Å². The number of halogens is 1. The smallest absolute Gasteiger partial charge is 0.236 e. The molecule has 0 aromatic carbocycles. The Kier molecular flexibility index (Phi) is 10.6. The standard InChI is InChI=1S/C11H24N2O.BrH/c1-8(2)5-6-13-11(14)10(12)7-9(3)4;/h8-10H,5-7,12H2,1-4H3,(H,13,14);1H/t10-;/m0./s1. The second-order valence-electron chi connectivity index (χ2n) is 4.71. The fraction of sp³-hybridized carbons (Fsp3) is 0.909. The van der Waals surface area contributed by atoms with E-state index in [1.807, 2.05) is 0 Å². The van der Waals surface area contributed by atoms with Gasteiger partial charge >= 0.3 is 0 Å². The van der Waals surface area contributed by atoms with Crippen molar-refractivity contribution in [3.63, 3.8) is 0 Å². The van der Waals surface area contributed by atoms with Gasteiger partial charge in [0.2, 0.25) is 5.91 Å². The second-order valence-corrected chi connectivity index (χ2v) is 4.71. The maximum absolute atomic E-state index is 11.4. The zero-order valence-corrected chi connectivity index (χ0v) is 12.0. The molecular weight excluding hydrogens is 256 g/mol. The highest BCUT2D eigenvalue weighted by Gasteiger charge is 2.13. The minimum atomic E-state index is -0.345. The van der Waals surface area contributed by atoms with Gasteiger partial charge in [-0.15, -0.1) is 17.0 Å². The highest BCUT2D eigenvalue weighted by atomic mass is 79.9. The number of carbonyl (C=O) groups is 1. The molecular formula is C11H25BrN2O. The third-order valence-corrected chi connectivity index (χ3v) is 2.08. The molecule has 0 bridgehead atoms. The van der Waals surface area contributed by atoms with Crippen LogP contribution in [0.25, 0.3) is 0 Å². The monoisotopic (exact) mass is 280 g/mol. The molecule has 0 saturated carbocycles. The summed E-state index contributed by atoms with van der Waals surface area (Å²) >= 11 is 0. The summed E-state index contributed by atoms with van der Waals surface area (Å²) in [7, 11) is 0. The SMILES string of the molecule is Br.CC(C)CCNC(=O)[C@@H](N)CC(C)C. The van der Waals surface area contributed by atoms with Crippen molar-refractivity contribution in [1.82, 2.24) is 5.32 Å². The third kappa shape index (κ3) is 10.2. The van der Waals surface area contributed by atoms with Crippen molar-refractivity contribution < 1.29 is 4.79 Å². The van der Waals surface area contributed by atoms with Gasteiger partial charge in [-0.25, -0.2) is 0 Å². The normalized spacial score (nSPS) is 12.5. The zero-order chi connectivity index (χ0) is 11.1. The largest absolute Gasteiger partial charge is 0.355 e. The molecule has 15 heavy (non-hydrogen) atoms. The second kappa shape index (κ2) is 9.16. The van der Waals surface area contributed by atoms with Crippen molar-refractivity contribution in [2.45, 2.75) is 46.6 Å². The van der Waals surface area contributed by atoms with Crippen molar-refractivity contribution in [3.8, 4) is 0 Å². The van der Waals surface area contributed by atoms with Gasteiger partial charge in [-0.2, -0.15) is 0 Å². The van der Waals surface area contributed by atoms with Gasteiger partial charge in [-0.05, 0) is 24.7 Å². The molecule has 0 aromatic heterocycles. The third-order valence-electron chi connectivity index (χ3n) is 2.08. The number of rotatable bonds is 6. The van der Waals surface area contributed by atoms with Crippen LogP contribution in [-0.2, 0) is 4.79 Å². The van der Waals surface area contributed by atoms with Gasteiger partial charge in [-0.1, -0.05) is 27.7 Å². The quantitative estimate of drug-likeness (QED) is 0.783. The van der Waals surface area contributed by atoms with Crippen LogP contribution in [0.15, 0.2) is 0 Å². The van der Waals surface area contributed by atoms with Crippen LogP contribution in [0.4, 0.5) is 0 Å². The summed E-state index contributed by atoms with van der Waals surface area (Å²) in [6.45, 7) is 9.16. The highest BCUT2D eigenvalue weighted by molar-refractivity contribution is 8.93. The first-order valence-corrected chi connectivity index (χ1v) is 5.46. The van der Waals surface area contributed by atoms with Gasteiger partial charge in [0.15, 0.2) is 0 Å². The molecule has 0 aromatic rings. The molecule has 0 aliphatic rings. The van der Waals surface area contributed by atoms with Crippen LogP contribution in [0, 0.1) is 11.8 Å². The van der Waals surface area contributed by atoms with Crippen LogP contribution in [0.3, 0.4) is 0 Å².